The number of aromatic nitrogens is 1. The maximum atomic E-state index is 12.4. The van der Waals surface area contributed by atoms with Gasteiger partial charge >= 0.3 is 0 Å². The first-order valence-corrected chi connectivity index (χ1v) is 8.13. The van der Waals surface area contributed by atoms with E-state index in [2.05, 4.69) is 39.6 Å². The Kier molecular flexibility index (Phi) is 4.76. The van der Waals surface area contributed by atoms with Gasteiger partial charge in [0.15, 0.2) is 5.76 Å². The largest absolute Gasteiger partial charge is 0.359 e. The fourth-order valence-corrected chi connectivity index (χ4v) is 3.08. The predicted molar refractivity (Wildman–Crippen MR) is 89.0 cm³/mol. The summed E-state index contributed by atoms with van der Waals surface area (Å²) >= 11 is 0. The van der Waals surface area contributed by atoms with Crippen molar-refractivity contribution in [1.29, 1.82) is 0 Å². The van der Waals surface area contributed by atoms with Crippen molar-refractivity contribution in [2.24, 2.45) is 5.92 Å². The number of amides is 1. The Bertz CT molecular complexity index is 639. The van der Waals surface area contributed by atoms with Gasteiger partial charge in [-0.1, -0.05) is 35.5 Å². The smallest absolute Gasteiger partial charge is 0.227 e. The third-order valence-corrected chi connectivity index (χ3v) is 4.49. The molecule has 1 amide bonds. The molecule has 122 valence electrons. The van der Waals surface area contributed by atoms with Crippen LogP contribution in [0.4, 0.5) is 5.69 Å². The van der Waals surface area contributed by atoms with Crippen LogP contribution in [0.2, 0.25) is 0 Å². The van der Waals surface area contributed by atoms with E-state index in [-0.39, 0.29) is 11.8 Å². The van der Waals surface area contributed by atoms with Crippen LogP contribution >= 0.6 is 0 Å². The molecule has 2 heterocycles. The molecule has 1 aromatic carbocycles. The zero-order chi connectivity index (χ0) is 16.2. The molecule has 5 nitrogen and oxygen atoms in total. The minimum absolute atomic E-state index is 0.0655. The zero-order valence-corrected chi connectivity index (χ0v) is 13.7. The third-order valence-electron chi connectivity index (χ3n) is 4.49. The fourth-order valence-electron chi connectivity index (χ4n) is 3.08. The van der Waals surface area contributed by atoms with Crippen LogP contribution in [0.3, 0.4) is 0 Å². The van der Waals surface area contributed by atoms with E-state index in [0.29, 0.717) is 5.76 Å². The molecule has 23 heavy (non-hydrogen) atoms. The Labute approximate surface area is 136 Å². The number of carbonyl (C=O) groups excluding carboxylic acids is 1. The van der Waals surface area contributed by atoms with Crippen molar-refractivity contribution in [1.82, 2.24) is 10.1 Å². The number of hydrogen-bond donors (Lipinski definition) is 1. The molecule has 0 bridgehead atoms. The lowest BCUT2D eigenvalue weighted by Gasteiger charge is -2.31. The van der Waals surface area contributed by atoms with Gasteiger partial charge in [0.2, 0.25) is 5.91 Å². The SMILES string of the molecule is Cc1noc(C)c1NC(=O)C1CCN(Cc2ccccc2)CC1. The average molecular weight is 313 g/mol. The summed E-state index contributed by atoms with van der Waals surface area (Å²) < 4.78 is 5.09. The Morgan fingerprint density at radius 3 is 2.57 bits per heavy atom. The van der Waals surface area contributed by atoms with Crippen molar-refractivity contribution in [2.45, 2.75) is 33.2 Å². The summed E-state index contributed by atoms with van der Waals surface area (Å²) in [6, 6.07) is 10.5. The summed E-state index contributed by atoms with van der Waals surface area (Å²) in [6.45, 7) is 6.52. The molecule has 0 radical (unpaired) electrons. The van der Waals surface area contributed by atoms with Crippen molar-refractivity contribution < 1.29 is 9.32 Å². The molecule has 0 unspecified atom stereocenters. The second-order valence-electron chi connectivity index (χ2n) is 6.22. The van der Waals surface area contributed by atoms with Gasteiger partial charge in [-0.2, -0.15) is 0 Å². The maximum absolute atomic E-state index is 12.4. The summed E-state index contributed by atoms with van der Waals surface area (Å²) in [5.41, 5.74) is 2.78. The Morgan fingerprint density at radius 2 is 1.96 bits per heavy atom. The lowest BCUT2D eigenvalue weighted by molar-refractivity contribution is -0.121. The van der Waals surface area contributed by atoms with E-state index >= 15 is 0 Å². The van der Waals surface area contributed by atoms with Gasteiger partial charge in [0.05, 0.1) is 0 Å². The Balaban J connectivity index is 1.51. The number of nitrogens with zero attached hydrogens (tertiary/aromatic N) is 2. The second-order valence-corrected chi connectivity index (χ2v) is 6.22. The number of carbonyl (C=O) groups is 1. The first-order chi connectivity index (χ1) is 11.1. The highest BCUT2D eigenvalue weighted by molar-refractivity contribution is 5.93. The number of aryl methyl sites for hydroxylation is 2. The number of anilines is 1. The van der Waals surface area contributed by atoms with Crippen molar-refractivity contribution in [3.63, 3.8) is 0 Å². The summed E-state index contributed by atoms with van der Waals surface area (Å²) in [6.07, 6.45) is 1.78. The number of likely N-dealkylation sites (tertiary alicyclic amines) is 1. The first kappa shape index (κ1) is 15.7. The maximum Gasteiger partial charge on any atom is 0.227 e. The third kappa shape index (κ3) is 3.79. The quantitative estimate of drug-likeness (QED) is 0.942. The average Bonchev–Trinajstić information content (AvgIpc) is 2.88. The van der Waals surface area contributed by atoms with Crippen molar-refractivity contribution >= 4 is 11.6 Å². The highest BCUT2D eigenvalue weighted by atomic mass is 16.5. The van der Waals surface area contributed by atoms with Crippen LogP contribution in [0, 0.1) is 19.8 Å². The molecule has 1 aliphatic heterocycles. The Hall–Kier alpha value is -2.14. The molecular weight excluding hydrogens is 290 g/mol. The molecule has 1 fully saturated rings. The lowest BCUT2D eigenvalue weighted by Crippen LogP contribution is -2.37. The molecule has 0 spiro atoms. The van der Waals surface area contributed by atoms with Crippen LogP contribution in [0.1, 0.15) is 29.9 Å². The molecule has 1 saturated heterocycles. The molecule has 1 N–H and O–H groups in total. The summed E-state index contributed by atoms with van der Waals surface area (Å²) in [4.78, 5) is 14.8. The zero-order valence-electron chi connectivity index (χ0n) is 13.7. The van der Waals surface area contributed by atoms with Crippen molar-refractivity contribution in [2.75, 3.05) is 18.4 Å². The van der Waals surface area contributed by atoms with E-state index in [0.717, 1.165) is 43.9 Å². The Morgan fingerprint density at radius 1 is 1.26 bits per heavy atom. The molecule has 0 atom stereocenters. The van der Waals surface area contributed by atoms with E-state index in [1.54, 1.807) is 0 Å². The predicted octanol–water partition coefficient (Wildman–Crippen LogP) is 3.14. The van der Waals surface area contributed by atoms with Crippen molar-refractivity contribution in [3.8, 4) is 0 Å². The summed E-state index contributed by atoms with van der Waals surface area (Å²) in [5, 5.41) is 6.85. The summed E-state index contributed by atoms with van der Waals surface area (Å²) in [7, 11) is 0. The monoisotopic (exact) mass is 313 g/mol. The summed E-state index contributed by atoms with van der Waals surface area (Å²) in [5.74, 6) is 0.812. The van der Waals surface area contributed by atoms with E-state index < -0.39 is 0 Å². The van der Waals surface area contributed by atoms with E-state index in [9.17, 15) is 4.79 Å². The van der Waals surface area contributed by atoms with Crippen LogP contribution < -0.4 is 5.32 Å². The topological polar surface area (TPSA) is 58.4 Å². The van der Waals surface area contributed by atoms with Gasteiger partial charge in [-0.05, 0) is 45.3 Å². The van der Waals surface area contributed by atoms with Crippen LogP contribution in [0.5, 0.6) is 0 Å². The molecule has 0 aliphatic carbocycles. The number of hydrogen-bond acceptors (Lipinski definition) is 4. The second kappa shape index (κ2) is 6.96. The van der Waals surface area contributed by atoms with Gasteiger partial charge in [0, 0.05) is 12.5 Å². The number of piperidine rings is 1. The van der Waals surface area contributed by atoms with E-state index in [1.807, 2.05) is 19.9 Å². The molecular formula is C18H23N3O2. The van der Waals surface area contributed by atoms with Crippen LogP contribution in [-0.2, 0) is 11.3 Å². The minimum Gasteiger partial charge on any atom is -0.359 e. The number of benzene rings is 1. The minimum atomic E-state index is 0.0655. The van der Waals surface area contributed by atoms with Crippen LogP contribution in [0.15, 0.2) is 34.9 Å². The number of nitrogens with one attached hydrogen (secondary N) is 1. The molecule has 5 heteroatoms. The van der Waals surface area contributed by atoms with Crippen LogP contribution in [-0.4, -0.2) is 29.1 Å². The molecule has 1 aliphatic rings. The normalized spacial score (nSPS) is 16.4. The molecule has 3 rings (SSSR count). The van der Waals surface area contributed by atoms with Gasteiger partial charge in [0.1, 0.15) is 11.4 Å². The molecule has 0 saturated carbocycles. The number of rotatable bonds is 4. The highest BCUT2D eigenvalue weighted by Crippen LogP contribution is 2.23. The van der Waals surface area contributed by atoms with E-state index in [1.165, 1.54) is 5.56 Å². The van der Waals surface area contributed by atoms with Gasteiger partial charge in [-0.15, -0.1) is 0 Å². The lowest BCUT2D eigenvalue weighted by atomic mass is 9.95. The fraction of sp³-hybridized carbons (Fsp3) is 0.444. The first-order valence-electron chi connectivity index (χ1n) is 8.13. The van der Waals surface area contributed by atoms with Gasteiger partial charge in [-0.3, -0.25) is 9.69 Å². The van der Waals surface area contributed by atoms with Gasteiger partial charge in [-0.25, -0.2) is 0 Å². The van der Waals surface area contributed by atoms with Gasteiger partial charge in [0.25, 0.3) is 0 Å². The van der Waals surface area contributed by atoms with Crippen LogP contribution in [0.25, 0.3) is 0 Å². The molecule has 2 aromatic rings. The highest BCUT2D eigenvalue weighted by Gasteiger charge is 2.26. The molecule has 1 aromatic heterocycles. The van der Waals surface area contributed by atoms with E-state index in [4.69, 9.17) is 4.52 Å². The standard InChI is InChI=1S/C18H23N3O2/c1-13-17(14(2)23-20-13)19-18(22)16-8-10-21(11-9-16)12-15-6-4-3-5-7-15/h3-7,16H,8-12H2,1-2H3,(H,19,22). The van der Waals surface area contributed by atoms with Crippen molar-refractivity contribution in [3.05, 3.63) is 47.3 Å². The van der Waals surface area contributed by atoms with Gasteiger partial charge < -0.3 is 9.84 Å².